The quantitative estimate of drug-likeness (QED) is 0.541. The first kappa shape index (κ1) is 17.2. The highest BCUT2D eigenvalue weighted by atomic mass is 16.5. The lowest BCUT2D eigenvalue weighted by Crippen LogP contribution is -2.26. The summed E-state index contributed by atoms with van der Waals surface area (Å²) in [5.41, 5.74) is 10.5. The Morgan fingerprint density at radius 2 is 2.30 bits per heavy atom. The van der Waals surface area contributed by atoms with Crippen molar-refractivity contribution in [3.8, 4) is 0 Å². The number of carbonyl (C=O) groups is 1. The van der Waals surface area contributed by atoms with Crippen molar-refractivity contribution >= 4 is 11.7 Å². The molecule has 0 aromatic heterocycles. The molecule has 2 rings (SSSR count). The Hall–Kier alpha value is -2.18. The van der Waals surface area contributed by atoms with E-state index in [4.69, 9.17) is 10.5 Å². The van der Waals surface area contributed by atoms with Crippen molar-refractivity contribution in [2.45, 2.75) is 26.6 Å². The average Bonchev–Trinajstić information content (AvgIpc) is 2.89. The lowest BCUT2D eigenvalue weighted by Gasteiger charge is -2.16. The summed E-state index contributed by atoms with van der Waals surface area (Å²) in [7, 11) is 1.71. The number of esters is 1. The van der Waals surface area contributed by atoms with Crippen LogP contribution in [0.15, 0.2) is 28.9 Å². The molecular formula is C17H23N3O3. The van der Waals surface area contributed by atoms with Crippen LogP contribution in [0.3, 0.4) is 0 Å². The van der Waals surface area contributed by atoms with Crippen LogP contribution in [0.4, 0.5) is 0 Å². The molecule has 0 saturated carbocycles. The number of ether oxygens (including phenoxy) is 1. The minimum atomic E-state index is -0.676. The molecule has 6 heteroatoms. The van der Waals surface area contributed by atoms with Crippen LogP contribution < -0.4 is 11.1 Å². The summed E-state index contributed by atoms with van der Waals surface area (Å²) in [5.74, 6) is -0.298. The van der Waals surface area contributed by atoms with Crippen molar-refractivity contribution in [2.24, 2.45) is 10.7 Å². The fraction of sp³-hybridized carbons (Fsp3) is 0.412. The smallest absolute Gasteiger partial charge is 0.338 e. The molecule has 1 aromatic rings. The lowest BCUT2D eigenvalue weighted by atomic mass is 9.95. The molecule has 0 amide bonds. The van der Waals surface area contributed by atoms with Crippen molar-refractivity contribution in [1.29, 1.82) is 0 Å². The van der Waals surface area contributed by atoms with E-state index < -0.39 is 6.10 Å². The molecule has 1 aliphatic rings. The van der Waals surface area contributed by atoms with Gasteiger partial charge in [-0.05, 0) is 37.1 Å². The maximum Gasteiger partial charge on any atom is 0.338 e. The number of carbonyl (C=O) groups excluding carboxylic acids is 1. The van der Waals surface area contributed by atoms with Gasteiger partial charge in [-0.15, -0.1) is 0 Å². The van der Waals surface area contributed by atoms with E-state index in [1.165, 1.54) is 0 Å². The van der Waals surface area contributed by atoms with Crippen LogP contribution in [0.25, 0.3) is 0 Å². The fourth-order valence-corrected chi connectivity index (χ4v) is 2.58. The third-order valence-corrected chi connectivity index (χ3v) is 3.98. The van der Waals surface area contributed by atoms with Crippen molar-refractivity contribution < 1.29 is 14.6 Å². The number of nitrogens with two attached hydrogens (primary N) is 1. The first-order valence-corrected chi connectivity index (χ1v) is 7.51. The molecule has 0 bridgehead atoms. The summed E-state index contributed by atoms with van der Waals surface area (Å²) < 4.78 is 5.03. The highest BCUT2D eigenvalue weighted by molar-refractivity contribution is 5.94. The van der Waals surface area contributed by atoms with Crippen LogP contribution in [0, 0.1) is 6.92 Å². The number of nitrogens with zero attached hydrogens (tertiary/aromatic N) is 1. The summed E-state index contributed by atoms with van der Waals surface area (Å²) in [5, 5.41) is 13.5. The van der Waals surface area contributed by atoms with E-state index in [2.05, 4.69) is 10.3 Å². The zero-order valence-electron chi connectivity index (χ0n) is 13.7. The number of hydrogen-bond donors (Lipinski definition) is 3. The number of allylic oxidation sites excluding steroid dienone is 1. The van der Waals surface area contributed by atoms with Gasteiger partial charge in [0.1, 0.15) is 6.61 Å². The minimum Gasteiger partial charge on any atom is -0.457 e. The molecule has 1 aromatic carbocycles. The second-order valence-corrected chi connectivity index (χ2v) is 5.61. The number of nitrogens with one attached hydrogen (secondary N) is 1. The first-order valence-electron chi connectivity index (χ1n) is 7.51. The fourth-order valence-electron chi connectivity index (χ4n) is 2.58. The summed E-state index contributed by atoms with van der Waals surface area (Å²) >= 11 is 0. The van der Waals surface area contributed by atoms with Gasteiger partial charge in [0, 0.05) is 37.1 Å². The largest absolute Gasteiger partial charge is 0.457 e. The third-order valence-electron chi connectivity index (χ3n) is 3.98. The summed E-state index contributed by atoms with van der Waals surface area (Å²) in [6.45, 7) is 4.88. The normalized spacial score (nSPS) is 16.3. The van der Waals surface area contributed by atoms with E-state index in [-0.39, 0.29) is 12.6 Å². The lowest BCUT2D eigenvalue weighted by molar-refractivity contribution is 0.0535. The zero-order valence-corrected chi connectivity index (χ0v) is 13.7. The Bertz CT molecular complexity index is 665. The van der Waals surface area contributed by atoms with Gasteiger partial charge < -0.3 is 20.9 Å². The monoisotopic (exact) mass is 317 g/mol. The molecule has 1 heterocycles. The molecular weight excluding hydrogens is 294 g/mol. The van der Waals surface area contributed by atoms with Gasteiger partial charge in [-0.2, -0.15) is 0 Å². The summed E-state index contributed by atoms with van der Waals surface area (Å²) in [4.78, 5) is 15.5. The molecule has 124 valence electrons. The van der Waals surface area contributed by atoms with Gasteiger partial charge in [-0.3, -0.25) is 4.99 Å². The Morgan fingerprint density at radius 1 is 1.57 bits per heavy atom. The van der Waals surface area contributed by atoms with Crippen LogP contribution in [-0.4, -0.2) is 36.9 Å². The van der Waals surface area contributed by atoms with Gasteiger partial charge >= 0.3 is 5.97 Å². The van der Waals surface area contributed by atoms with E-state index >= 15 is 0 Å². The van der Waals surface area contributed by atoms with Crippen LogP contribution in [0.5, 0.6) is 0 Å². The van der Waals surface area contributed by atoms with Crippen LogP contribution in [-0.2, 0) is 11.3 Å². The van der Waals surface area contributed by atoms with E-state index in [9.17, 15) is 9.90 Å². The van der Waals surface area contributed by atoms with Crippen molar-refractivity contribution in [3.63, 3.8) is 0 Å². The predicted octanol–water partition coefficient (Wildman–Crippen LogP) is 1.22. The second-order valence-electron chi connectivity index (χ2n) is 5.61. The number of fused-ring (bicyclic) bond motifs is 1. The molecule has 0 aliphatic carbocycles. The molecule has 0 spiro atoms. The van der Waals surface area contributed by atoms with Gasteiger partial charge in [0.05, 0.1) is 11.7 Å². The van der Waals surface area contributed by atoms with Crippen LogP contribution >= 0.6 is 0 Å². The van der Waals surface area contributed by atoms with Gasteiger partial charge in [0.25, 0.3) is 0 Å². The first-order chi connectivity index (χ1) is 10.9. The number of aliphatic hydroxyl groups excluding tert-OH is 1. The van der Waals surface area contributed by atoms with Crippen LogP contribution in [0.2, 0.25) is 0 Å². The molecule has 0 saturated heterocycles. The zero-order chi connectivity index (χ0) is 17.0. The number of aliphatic imine (C=N–C) groups is 1. The molecule has 1 aliphatic heterocycles. The topological polar surface area (TPSA) is 96.9 Å². The molecule has 0 fully saturated rings. The number of hydrogen-bond acceptors (Lipinski definition) is 6. The van der Waals surface area contributed by atoms with Gasteiger partial charge in [-0.1, -0.05) is 6.07 Å². The Morgan fingerprint density at radius 3 is 3.00 bits per heavy atom. The van der Waals surface area contributed by atoms with E-state index in [1.807, 2.05) is 13.8 Å². The van der Waals surface area contributed by atoms with Crippen molar-refractivity contribution in [1.82, 2.24) is 5.32 Å². The molecule has 1 atom stereocenters. The van der Waals surface area contributed by atoms with Gasteiger partial charge in [-0.25, -0.2) is 4.79 Å². The van der Waals surface area contributed by atoms with Crippen molar-refractivity contribution in [3.05, 3.63) is 46.2 Å². The number of cyclic esters (lactones) is 1. The Labute approximate surface area is 136 Å². The molecule has 4 N–H and O–H groups in total. The molecule has 6 nitrogen and oxygen atoms in total. The number of aliphatic hydroxyl groups is 1. The van der Waals surface area contributed by atoms with Crippen molar-refractivity contribution in [2.75, 3.05) is 20.1 Å². The average molecular weight is 317 g/mol. The minimum absolute atomic E-state index is 0.277. The third kappa shape index (κ3) is 3.97. The van der Waals surface area contributed by atoms with E-state index in [1.54, 1.807) is 25.3 Å². The Kier molecular flexibility index (Phi) is 5.52. The maximum absolute atomic E-state index is 11.5. The van der Waals surface area contributed by atoms with Gasteiger partial charge in [0.2, 0.25) is 0 Å². The Balaban J connectivity index is 1.98. The van der Waals surface area contributed by atoms with E-state index in [0.717, 1.165) is 22.4 Å². The second kappa shape index (κ2) is 7.39. The molecule has 1 unspecified atom stereocenters. The summed E-state index contributed by atoms with van der Waals surface area (Å²) in [6.07, 6.45) is 1.12. The number of rotatable bonds is 6. The summed E-state index contributed by atoms with van der Waals surface area (Å²) in [6, 6.07) is 3.49. The highest BCUT2D eigenvalue weighted by Gasteiger charge is 2.25. The molecule has 23 heavy (non-hydrogen) atoms. The van der Waals surface area contributed by atoms with Gasteiger partial charge in [0.15, 0.2) is 0 Å². The standard InChI is InChI=1S/C17H23N3O3/c1-10(19-3)6-12(18)7-20-8-16(21)13-4-5-14-15(11(13)2)9-23-17(14)22/h4-6,16,20-21H,7-9,18H2,1-3H3. The van der Waals surface area contributed by atoms with E-state index in [0.29, 0.717) is 24.4 Å². The SMILES string of the molecule is CN=C(C)C=C(N)CNCC(O)c1ccc2c(c1C)COC2=O. The molecule has 0 radical (unpaired) electrons. The van der Waals surface area contributed by atoms with Crippen LogP contribution in [0.1, 0.15) is 40.1 Å². The highest BCUT2D eigenvalue weighted by Crippen LogP contribution is 2.28. The maximum atomic E-state index is 11.5. The predicted molar refractivity (Wildman–Crippen MR) is 89.4 cm³/mol. The number of benzene rings is 1.